The highest BCUT2D eigenvalue weighted by Gasteiger charge is 2.58. The Balaban J connectivity index is 1.49. The zero-order chi connectivity index (χ0) is 50.8. The molecule has 68 heavy (non-hydrogen) atoms. The van der Waals surface area contributed by atoms with Crippen LogP contribution >= 0.6 is 23.2 Å². The summed E-state index contributed by atoms with van der Waals surface area (Å²) in [6.07, 6.45) is -10.7. The molecular weight excluding hydrogens is 931 g/mol. The molecule has 0 bridgehead atoms. The molecule has 0 aromatic heterocycles. The Labute approximate surface area is 410 Å². The zero-order valence-electron chi connectivity index (χ0n) is 41.8. The number of aliphatic hydroxyl groups excluding tert-OH is 1. The topological polar surface area (TPSA) is 222 Å². The van der Waals surface area contributed by atoms with Gasteiger partial charge >= 0.3 is 18.2 Å². The fourth-order valence-electron chi connectivity index (χ4n) is 10.5. The van der Waals surface area contributed by atoms with Crippen molar-refractivity contribution >= 4 is 47.3 Å². The minimum atomic E-state index is -1.64. The molecule has 0 saturated carbocycles. The van der Waals surface area contributed by atoms with Crippen molar-refractivity contribution in [3.8, 4) is 0 Å². The van der Waals surface area contributed by atoms with Gasteiger partial charge in [-0.05, 0) is 113 Å². The van der Waals surface area contributed by atoms with E-state index in [9.17, 15) is 29.4 Å². The van der Waals surface area contributed by atoms with Crippen LogP contribution in [0.1, 0.15) is 105 Å². The molecule has 1 aromatic rings. The maximum atomic E-state index is 14.7. The number of fused-ring (bicyclic) bond motifs is 1. The average Bonchev–Trinajstić information content (AvgIpc) is 3.57. The van der Waals surface area contributed by atoms with Gasteiger partial charge < -0.3 is 57.7 Å². The number of nitrogens with one attached hydrogen (secondary N) is 2. The second-order valence-corrected chi connectivity index (χ2v) is 21.0. The number of hydrazine groups is 1. The number of hydrogen-bond donors (Lipinski definition) is 4. The summed E-state index contributed by atoms with van der Waals surface area (Å²) in [7, 11) is 7.06. The van der Waals surface area contributed by atoms with Crippen LogP contribution in [0.15, 0.2) is 18.2 Å². The number of aliphatic hydroxyl groups is 2. The van der Waals surface area contributed by atoms with E-state index in [4.69, 9.17) is 65.8 Å². The first-order valence-corrected chi connectivity index (χ1v) is 24.2. The summed E-state index contributed by atoms with van der Waals surface area (Å²) in [4.78, 5) is 57.5. The maximum absolute atomic E-state index is 14.7. The van der Waals surface area contributed by atoms with Crippen molar-refractivity contribution in [2.24, 2.45) is 17.8 Å². The van der Waals surface area contributed by atoms with Crippen LogP contribution in [-0.2, 0) is 47.4 Å². The molecule has 4 aliphatic heterocycles. The molecule has 5 rings (SSSR count). The molecule has 0 spiro atoms. The fourth-order valence-corrected chi connectivity index (χ4v) is 11.0. The summed E-state index contributed by atoms with van der Waals surface area (Å²) in [5.41, 5.74) is 0.290. The van der Waals surface area contributed by atoms with Gasteiger partial charge in [-0.3, -0.25) is 19.9 Å². The van der Waals surface area contributed by atoms with Gasteiger partial charge in [0.2, 0.25) is 0 Å². The molecule has 4 saturated heterocycles. The van der Waals surface area contributed by atoms with Gasteiger partial charge in [0.05, 0.1) is 46.5 Å². The van der Waals surface area contributed by atoms with Crippen LogP contribution in [0.3, 0.4) is 0 Å². The number of benzene rings is 1. The number of cyclic esters (lactones) is 1. The number of hydrogen-bond acceptors (Lipinski definition) is 17. The van der Waals surface area contributed by atoms with E-state index in [0.29, 0.717) is 18.0 Å². The molecule has 0 unspecified atom stereocenters. The fraction of sp³-hybridized carbons (Fsp3) is 0.787. The number of esters is 1. The van der Waals surface area contributed by atoms with Crippen LogP contribution in [0.2, 0.25) is 10.0 Å². The number of nitrogens with zero attached hydrogens (tertiary/aromatic N) is 2. The molecule has 1 aromatic carbocycles. The minimum Gasteiger partial charge on any atom is -0.458 e. The molecule has 2 amide bonds. The Bertz CT molecular complexity index is 1930. The SMILES string of the molecule is CC[C@H]1OC(=O)[C@H](C)[C@@H](O[C@H]2C[C@@](C)(OC)[C@@H](OC(=O)NNC(=O)c3ccc(Cl)cc3Cl)[C@H](C)O2)[C@H](C)[C@@H](O[C@@H]2O[C@H](C)C[C@H](N(C)C)[C@H]2O)[C@](C)(O)C[C@@H](C)CN(C)[C@H](C)[C@H]2OC(=O)O[C@@]21C. The van der Waals surface area contributed by atoms with Crippen LogP contribution < -0.4 is 10.9 Å². The summed E-state index contributed by atoms with van der Waals surface area (Å²) >= 11 is 12.1. The highest BCUT2D eigenvalue weighted by Crippen LogP contribution is 2.42. The number of methoxy groups -OCH3 is 1. The van der Waals surface area contributed by atoms with E-state index < -0.39 is 114 Å². The number of carbonyl (C=O) groups excluding carboxylic acids is 4. The summed E-state index contributed by atoms with van der Waals surface area (Å²) in [5, 5.41) is 24.9. The van der Waals surface area contributed by atoms with Crippen molar-refractivity contribution in [1.29, 1.82) is 0 Å². The first-order valence-electron chi connectivity index (χ1n) is 23.4. The summed E-state index contributed by atoms with van der Waals surface area (Å²) < 4.78 is 56.2. The van der Waals surface area contributed by atoms with Gasteiger partial charge in [0.15, 0.2) is 30.4 Å². The number of carbonyl (C=O) groups is 4. The molecular formula is C47H74Cl2N4O15. The van der Waals surface area contributed by atoms with E-state index in [1.54, 1.807) is 41.5 Å². The van der Waals surface area contributed by atoms with Crippen LogP contribution in [0.5, 0.6) is 0 Å². The predicted octanol–water partition coefficient (Wildman–Crippen LogP) is 5.47. The van der Waals surface area contributed by atoms with Crippen LogP contribution in [0, 0.1) is 17.8 Å². The Morgan fingerprint density at radius 3 is 2.26 bits per heavy atom. The zero-order valence-corrected chi connectivity index (χ0v) is 43.3. The van der Waals surface area contributed by atoms with Crippen molar-refractivity contribution < 1.29 is 72.0 Å². The van der Waals surface area contributed by atoms with Gasteiger partial charge in [-0.2, -0.15) is 0 Å². The van der Waals surface area contributed by atoms with E-state index in [1.807, 2.05) is 58.6 Å². The summed E-state index contributed by atoms with van der Waals surface area (Å²) in [5.74, 6) is -3.55. The second-order valence-electron chi connectivity index (χ2n) is 20.2. The van der Waals surface area contributed by atoms with Gasteiger partial charge in [-0.1, -0.05) is 44.0 Å². The minimum absolute atomic E-state index is 0.0379. The van der Waals surface area contributed by atoms with Gasteiger partial charge in [0, 0.05) is 43.1 Å². The van der Waals surface area contributed by atoms with Gasteiger partial charge in [-0.15, -0.1) is 0 Å². The smallest absolute Gasteiger partial charge is 0.458 e. The van der Waals surface area contributed by atoms with Crippen LogP contribution in [0.4, 0.5) is 9.59 Å². The van der Waals surface area contributed by atoms with Gasteiger partial charge in [0.1, 0.15) is 17.8 Å². The lowest BCUT2D eigenvalue weighted by molar-refractivity contribution is -0.317. The molecule has 18 atom stereocenters. The Morgan fingerprint density at radius 2 is 1.65 bits per heavy atom. The third-order valence-corrected chi connectivity index (χ3v) is 14.9. The molecule has 4 heterocycles. The molecule has 386 valence electrons. The highest BCUT2D eigenvalue weighted by molar-refractivity contribution is 6.36. The van der Waals surface area contributed by atoms with Crippen molar-refractivity contribution in [2.75, 3.05) is 34.8 Å². The Morgan fingerprint density at radius 1 is 0.971 bits per heavy atom. The highest BCUT2D eigenvalue weighted by atomic mass is 35.5. The van der Waals surface area contributed by atoms with Crippen LogP contribution in [-0.4, -0.2) is 169 Å². The van der Waals surface area contributed by atoms with Gasteiger partial charge in [0.25, 0.3) is 5.91 Å². The Hall–Kier alpha value is -3.08. The van der Waals surface area contributed by atoms with E-state index in [0.717, 1.165) is 0 Å². The number of likely N-dealkylation sites (N-methyl/N-ethyl adjacent to an activating group) is 2. The first kappa shape index (κ1) is 55.8. The van der Waals surface area contributed by atoms with E-state index in [2.05, 4.69) is 10.9 Å². The quantitative estimate of drug-likeness (QED) is 0.137. The largest absolute Gasteiger partial charge is 0.509 e. The molecule has 4 aliphatic rings. The van der Waals surface area contributed by atoms with Crippen LogP contribution in [0.25, 0.3) is 0 Å². The van der Waals surface area contributed by atoms with E-state index in [-0.39, 0.29) is 47.9 Å². The molecule has 0 radical (unpaired) electrons. The summed E-state index contributed by atoms with van der Waals surface area (Å²) in [6.45, 7) is 18.2. The lowest BCUT2D eigenvalue weighted by Gasteiger charge is -2.49. The van der Waals surface area contributed by atoms with E-state index >= 15 is 0 Å². The number of amides is 2. The third-order valence-electron chi connectivity index (χ3n) is 14.3. The normalized spacial score (nSPS) is 41.0. The van der Waals surface area contributed by atoms with Crippen molar-refractivity contribution in [1.82, 2.24) is 20.7 Å². The Kier molecular flexibility index (Phi) is 18.5. The number of rotatable bonds is 9. The van der Waals surface area contributed by atoms with Crippen molar-refractivity contribution in [2.45, 2.75) is 185 Å². The molecule has 0 aliphatic carbocycles. The summed E-state index contributed by atoms with van der Waals surface area (Å²) in [6, 6.07) is 3.54. The number of ether oxygens (including phenoxy) is 9. The van der Waals surface area contributed by atoms with Gasteiger partial charge in [-0.25, -0.2) is 15.0 Å². The lowest BCUT2D eigenvalue weighted by Crippen LogP contribution is -2.61. The molecule has 4 fully saturated rings. The molecule has 21 heteroatoms. The van der Waals surface area contributed by atoms with E-state index in [1.165, 1.54) is 25.3 Å². The first-order chi connectivity index (χ1) is 31.7. The second kappa shape index (κ2) is 22.6. The number of halogens is 2. The standard InChI is InChI=1S/C47H74Cl2N4O15/c1-15-33-47(10)38(67-44(58)68-47)27(6)53(13)22-23(2)20-45(8,59)37(65-42-35(54)32(52(11)12)18-24(3)61-42)25(4)36(26(5)41(56)63-33)64-34-21-46(9,60-14)39(28(7)62-34)66-43(57)51-50-40(55)30-17-16-29(48)19-31(30)49/h16-17,19,23-28,32-39,42,54,59H,15,18,20-22H2,1-14H3,(H,50,55)(H,51,57)/t23-,24-,25+,26-,27-,28+,32+,33-,34+,35-,36+,37-,38-,39+,42+,45-,46-,47-/m1/s1. The maximum Gasteiger partial charge on any atom is 0.509 e. The monoisotopic (exact) mass is 1000 g/mol. The van der Waals surface area contributed by atoms with Crippen molar-refractivity contribution in [3.63, 3.8) is 0 Å². The van der Waals surface area contributed by atoms with Crippen molar-refractivity contribution in [3.05, 3.63) is 33.8 Å². The predicted molar refractivity (Wildman–Crippen MR) is 249 cm³/mol. The molecule has 4 N–H and O–H groups in total. The average molecular weight is 1010 g/mol. The lowest BCUT2D eigenvalue weighted by atomic mass is 9.77. The third kappa shape index (κ3) is 12.5. The molecule has 19 nitrogen and oxygen atoms in total.